The lowest BCUT2D eigenvalue weighted by Gasteiger charge is -2.43. The first-order valence-electron chi connectivity index (χ1n) is 20.3. The van der Waals surface area contributed by atoms with Crippen LogP contribution in [0.1, 0.15) is 98.9 Å². The molecule has 9 rings (SSSR count). The first kappa shape index (κ1) is 34.7. The molecule has 272 valence electrons. The molecule has 0 saturated heterocycles. The summed E-state index contributed by atoms with van der Waals surface area (Å²) in [7, 11) is 0. The number of para-hydroxylation sites is 1. The highest BCUT2D eigenvalue weighted by atomic mass is 15.2. The standard InChI is InChI=1S/C51H53N3/c1-33(2)48(36-21-10-7-11-22-36)53-50(52-34(3)35-19-8-6-9-20-35)38-24-18-25-39(31-38)54-45-30-17-15-28-42(45)46-40-26-13-12-23-37(40)32-43-41-27-14-16-29-44(41)51(4,5)47(43)49(46)54/h6,8-9,12-20,23-31,36-37,40,43,46-47,49H,1,3,7,10-11,21-22,32H2,2,4-5H3. The highest BCUT2D eigenvalue weighted by molar-refractivity contribution is 6.14. The van der Waals surface area contributed by atoms with Crippen molar-refractivity contribution in [3.63, 3.8) is 0 Å². The molecule has 5 aliphatic rings. The largest absolute Gasteiger partial charge is 0.337 e. The van der Waals surface area contributed by atoms with E-state index in [2.05, 4.69) is 148 Å². The summed E-state index contributed by atoms with van der Waals surface area (Å²) in [6.07, 6.45) is 16.9. The fraction of sp³-hybridized carbons (Fsp3) is 0.333. The maximum absolute atomic E-state index is 5.47. The van der Waals surface area contributed by atoms with E-state index in [1.54, 1.807) is 5.56 Å². The number of amidine groups is 1. The van der Waals surface area contributed by atoms with E-state index in [0.29, 0.717) is 41.3 Å². The maximum Gasteiger partial charge on any atom is 0.160 e. The topological polar surface area (TPSA) is 28.0 Å². The summed E-state index contributed by atoms with van der Waals surface area (Å²) in [5.41, 5.74) is 11.9. The molecule has 6 atom stereocenters. The minimum atomic E-state index is 0.00370. The molecule has 0 bridgehead atoms. The summed E-state index contributed by atoms with van der Waals surface area (Å²) in [5.74, 6) is 3.31. The van der Waals surface area contributed by atoms with Crippen LogP contribution in [0.2, 0.25) is 0 Å². The van der Waals surface area contributed by atoms with E-state index in [1.807, 2.05) is 18.2 Å². The molecule has 4 aliphatic carbocycles. The molecule has 1 aliphatic heterocycles. The number of rotatable bonds is 6. The molecule has 3 heteroatoms. The van der Waals surface area contributed by atoms with Gasteiger partial charge in [0.2, 0.25) is 0 Å². The highest BCUT2D eigenvalue weighted by Gasteiger charge is 2.59. The Morgan fingerprint density at radius 2 is 1.44 bits per heavy atom. The maximum atomic E-state index is 5.47. The number of hydrogen-bond donors (Lipinski definition) is 0. The molecule has 0 amide bonds. The Morgan fingerprint density at radius 3 is 2.24 bits per heavy atom. The molecule has 3 nitrogen and oxygen atoms in total. The fourth-order valence-corrected chi connectivity index (χ4v) is 11.2. The van der Waals surface area contributed by atoms with Crippen molar-refractivity contribution in [2.24, 2.45) is 33.7 Å². The van der Waals surface area contributed by atoms with Crippen LogP contribution >= 0.6 is 0 Å². The second-order valence-corrected chi connectivity index (χ2v) is 17.0. The second kappa shape index (κ2) is 14.0. The van der Waals surface area contributed by atoms with Crippen molar-refractivity contribution < 1.29 is 0 Å². The Kier molecular flexibility index (Phi) is 9.00. The van der Waals surface area contributed by atoms with E-state index in [0.717, 1.165) is 41.0 Å². The molecular formula is C51H53N3. The normalized spacial score (nSPS) is 27.0. The lowest BCUT2D eigenvalue weighted by Crippen LogP contribution is -2.45. The number of allylic oxidation sites excluding steroid dienone is 5. The Labute approximate surface area is 322 Å². The van der Waals surface area contributed by atoms with Crippen molar-refractivity contribution in [1.82, 2.24) is 0 Å². The SMILES string of the molecule is C=C(C)C(=NC(=NC(=C)c1ccccc1)c1cccc(N2c3ccccc3C3C4C=CC=CC4CC4c5ccccc5C(C)(C)C4C32)c1)C1CCCCC1. The van der Waals surface area contributed by atoms with Gasteiger partial charge in [-0.15, -0.1) is 0 Å². The van der Waals surface area contributed by atoms with Crippen molar-refractivity contribution >= 4 is 28.6 Å². The van der Waals surface area contributed by atoms with E-state index in [9.17, 15) is 0 Å². The van der Waals surface area contributed by atoms with Crippen molar-refractivity contribution in [2.75, 3.05) is 4.90 Å². The molecule has 0 spiro atoms. The van der Waals surface area contributed by atoms with E-state index < -0.39 is 0 Å². The van der Waals surface area contributed by atoms with Crippen LogP contribution in [-0.4, -0.2) is 17.6 Å². The average molecular weight is 708 g/mol. The predicted molar refractivity (Wildman–Crippen MR) is 228 cm³/mol. The minimum absolute atomic E-state index is 0.00370. The lowest BCUT2D eigenvalue weighted by atomic mass is 9.67. The zero-order valence-corrected chi connectivity index (χ0v) is 32.2. The summed E-state index contributed by atoms with van der Waals surface area (Å²) in [4.78, 5) is 13.5. The molecule has 6 unspecified atom stereocenters. The predicted octanol–water partition coefficient (Wildman–Crippen LogP) is 12.8. The molecular weight excluding hydrogens is 655 g/mol. The number of hydrogen-bond acceptors (Lipinski definition) is 2. The molecule has 0 N–H and O–H groups in total. The third kappa shape index (κ3) is 5.88. The van der Waals surface area contributed by atoms with Gasteiger partial charge in [-0.3, -0.25) is 0 Å². The number of benzene rings is 4. The molecule has 0 aromatic heterocycles. The Balaban J connectivity index is 1.21. The van der Waals surface area contributed by atoms with Crippen LogP contribution in [0.4, 0.5) is 11.4 Å². The van der Waals surface area contributed by atoms with Gasteiger partial charge < -0.3 is 4.90 Å². The van der Waals surface area contributed by atoms with Gasteiger partial charge in [0.15, 0.2) is 5.84 Å². The summed E-state index contributed by atoms with van der Waals surface area (Å²) < 4.78 is 0. The Hall–Kier alpha value is -5.02. The van der Waals surface area contributed by atoms with Crippen LogP contribution in [0, 0.1) is 23.7 Å². The van der Waals surface area contributed by atoms with Crippen molar-refractivity contribution in [3.05, 3.63) is 174 Å². The zero-order chi connectivity index (χ0) is 37.0. The van der Waals surface area contributed by atoms with Crippen LogP contribution in [0.5, 0.6) is 0 Å². The molecule has 0 radical (unpaired) electrons. The Morgan fingerprint density at radius 1 is 0.741 bits per heavy atom. The lowest BCUT2D eigenvalue weighted by molar-refractivity contribution is 0.242. The molecule has 2 fully saturated rings. The van der Waals surface area contributed by atoms with Gasteiger partial charge in [0.25, 0.3) is 0 Å². The highest BCUT2D eigenvalue weighted by Crippen LogP contribution is 2.65. The summed E-state index contributed by atoms with van der Waals surface area (Å²) in [6.45, 7) is 16.0. The number of nitrogens with zero attached hydrogens (tertiary/aromatic N) is 3. The van der Waals surface area contributed by atoms with Crippen LogP contribution in [-0.2, 0) is 5.41 Å². The van der Waals surface area contributed by atoms with Crippen LogP contribution in [0.25, 0.3) is 5.70 Å². The van der Waals surface area contributed by atoms with Gasteiger partial charge in [-0.05, 0) is 101 Å². The van der Waals surface area contributed by atoms with Gasteiger partial charge in [0.1, 0.15) is 0 Å². The molecule has 1 heterocycles. The van der Waals surface area contributed by atoms with Crippen molar-refractivity contribution in [3.8, 4) is 0 Å². The van der Waals surface area contributed by atoms with Gasteiger partial charge in [0, 0.05) is 40.5 Å². The van der Waals surface area contributed by atoms with Gasteiger partial charge >= 0.3 is 0 Å². The fourth-order valence-electron chi connectivity index (χ4n) is 11.2. The van der Waals surface area contributed by atoms with Gasteiger partial charge in [-0.1, -0.05) is 156 Å². The second-order valence-electron chi connectivity index (χ2n) is 17.0. The van der Waals surface area contributed by atoms with Gasteiger partial charge in [0.05, 0.1) is 5.70 Å². The number of anilines is 2. The van der Waals surface area contributed by atoms with E-state index >= 15 is 0 Å². The molecule has 54 heavy (non-hydrogen) atoms. The smallest absolute Gasteiger partial charge is 0.160 e. The number of fused-ring (bicyclic) bond motifs is 9. The van der Waals surface area contributed by atoms with E-state index in [1.165, 1.54) is 48.2 Å². The van der Waals surface area contributed by atoms with E-state index in [-0.39, 0.29) is 11.5 Å². The Bertz CT molecular complexity index is 2210. The van der Waals surface area contributed by atoms with Crippen molar-refractivity contribution in [1.29, 1.82) is 0 Å². The summed E-state index contributed by atoms with van der Waals surface area (Å²) in [5, 5.41) is 0. The van der Waals surface area contributed by atoms with Gasteiger partial charge in [-0.2, -0.15) is 0 Å². The molecule has 2 saturated carbocycles. The van der Waals surface area contributed by atoms with E-state index in [4.69, 9.17) is 9.98 Å². The number of aliphatic imine (C=N–C) groups is 2. The van der Waals surface area contributed by atoms with Gasteiger partial charge in [-0.25, -0.2) is 9.98 Å². The average Bonchev–Trinajstić information content (AvgIpc) is 3.58. The van der Waals surface area contributed by atoms with Crippen LogP contribution in [0.3, 0.4) is 0 Å². The quantitative estimate of drug-likeness (QED) is 0.145. The summed E-state index contributed by atoms with van der Waals surface area (Å²) >= 11 is 0. The first-order valence-corrected chi connectivity index (χ1v) is 20.3. The summed E-state index contributed by atoms with van der Waals surface area (Å²) in [6, 6.07) is 38.3. The van der Waals surface area contributed by atoms with Crippen LogP contribution < -0.4 is 4.90 Å². The first-order chi connectivity index (χ1) is 26.3. The molecule has 4 aromatic carbocycles. The van der Waals surface area contributed by atoms with Crippen molar-refractivity contribution in [2.45, 2.75) is 82.6 Å². The molecule has 4 aromatic rings. The minimum Gasteiger partial charge on any atom is -0.337 e. The monoisotopic (exact) mass is 707 g/mol. The zero-order valence-electron chi connectivity index (χ0n) is 32.2. The third-order valence-electron chi connectivity index (χ3n) is 13.5. The van der Waals surface area contributed by atoms with Crippen LogP contribution in [0.15, 0.2) is 156 Å². The third-order valence-corrected chi connectivity index (χ3v) is 13.5.